The number of benzene rings is 3. The first-order chi connectivity index (χ1) is 13.9. The first kappa shape index (κ1) is 19.2. The van der Waals surface area contributed by atoms with Crippen molar-refractivity contribution in [3.8, 4) is 11.1 Å². The summed E-state index contributed by atoms with van der Waals surface area (Å²) in [5, 5.41) is 4.43. The minimum atomic E-state index is -0.475. The largest absolute Gasteiger partial charge is 0.422 e. The fourth-order valence-corrected chi connectivity index (χ4v) is 3.46. The smallest absolute Gasteiger partial charge is 0.344 e. The molecule has 0 aliphatic heterocycles. The highest BCUT2D eigenvalue weighted by atomic mass is 35.5. The van der Waals surface area contributed by atoms with E-state index in [9.17, 15) is 9.59 Å². The molecule has 1 aromatic heterocycles. The van der Waals surface area contributed by atoms with E-state index in [0.717, 1.165) is 10.9 Å². The van der Waals surface area contributed by atoms with Crippen LogP contribution in [0.2, 0.25) is 10.0 Å². The van der Waals surface area contributed by atoms with E-state index >= 15 is 0 Å². The van der Waals surface area contributed by atoms with Gasteiger partial charge in [-0.1, -0.05) is 53.5 Å². The molecule has 1 amide bonds. The fourth-order valence-electron chi connectivity index (χ4n) is 3.00. The number of fused-ring (bicyclic) bond motifs is 1. The lowest BCUT2D eigenvalue weighted by Gasteiger charge is -2.10. The quantitative estimate of drug-likeness (QED) is 0.391. The number of hydrogen-bond donors (Lipinski definition) is 1. The molecule has 0 saturated heterocycles. The van der Waals surface area contributed by atoms with Crippen molar-refractivity contribution in [3.63, 3.8) is 0 Å². The summed E-state index contributed by atoms with van der Waals surface area (Å²) in [5.74, 6) is -0.305. The lowest BCUT2D eigenvalue weighted by Crippen LogP contribution is -2.12. The van der Waals surface area contributed by atoms with E-state index in [-0.39, 0.29) is 5.91 Å². The SMILES string of the molecule is Cc1ccc(C(=O)Nc2ccc(-c3cc4ccccc4oc3=O)c(Cl)c2)cc1Cl. The van der Waals surface area contributed by atoms with E-state index in [2.05, 4.69) is 5.32 Å². The van der Waals surface area contributed by atoms with Gasteiger partial charge in [-0.3, -0.25) is 4.79 Å². The van der Waals surface area contributed by atoms with Crippen molar-refractivity contribution >= 4 is 45.8 Å². The van der Waals surface area contributed by atoms with Crippen LogP contribution in [0.3, 0.4) is 0 Å². The summed E-state index contributed by atoms with van der Waals surface area (Å²) < 4.78 is 5.38. The molecule has 0 saturated carbocycles. The molecule has 3 aromatic carbocycles. The Kier molecular flexibility index (Phi) is 5.14. The monoisotopic (exact) mass is 423 g/mol. The number of halogens is 2. The summed E-state index contributed by atoms with van der Waals surface area (Å²) in [6, 6.07) is 19.1. The molecular weight excluding hydrogens is 409 g/mol. The highest BCUT2D eigenvalue weighted by molar-refractivity contribution is 6.34. The van der Waals surface area contributed by atoms with Crippen molar-refractivity contribution in [2.24, 2.45) is 0 Å². The number of carbonyl (C=O) groups excluding carboxylic acids is 1. The van der Waals surface area contributed by atoms with Crippen molar-refractivity contribution in [2.45, 2.75) is 6.92 Å². The first-order valence-electron chi connectivity index (χ1n) is 8.83. The van der Waals surface area contributed by atoms with Gasteiger partial charge in [-0.25, -0.2) is 4.79 Å². The number of anilines is 1. The van der Waals surface area contributed by atoms with Crippen molar-refractivity contribution in [1.82, 2.24) is 0 Å². The number of carbonyl (C=O) groups is 1. The Morgan fingerprint density at radius 2 is 1.69 bits per heavy atom. The molecule has 0 unspecified atom stereocenters. The normalized spacial score (nSPS) is 10.9. The maximum atomic E-state index is 12.5. The van der Waals surface area contributed by atoms with Crippen LogP contribution in [-0.4, -0.2) is 5.91 Å². The first-order valence-corrected chi connectivity index (χ1v) is 9.58. The molecule has 0 spiro atoms. The molecule has 1 N–H and O–H groups in total. The summed E-state index contributed by atoms with van der Waals surface area (Å²) in [7, 11) is 0. The summed E-state index contributed by atoms with van der Waals surface area (Å²) in [6.07, 6.45) is 0. The molecule has 0 fully saturated rings. The van der Waals surface area contributed by atoms with Gasteiger partial charge in [-0.2, -0.15) is 0 Å². The Morgan fingerprint density at radius 1 is 0.897 bits per heavy atom. The molecule has 0 aliphatic carbocycles. The third kappa shape index (κ3) is 3.90. The van der Waals surface area contributed by atoms with Crippen LogP contribution in [0.15, 0.2) is 75.9 Å². The van der Waals surface area contributed by atoms with Gasteiger partial charge in [0.05, 0.1) is 10.6 Å². The second kappa shape index (κ2) is 7.74. The van der Waals surface area contributed by atoms with Gasteiger partial charge in [0.15, 0.2) is 0 Å². The van der Waals surface area contributed by atoms with Crippen molar-refractivity contribution < 1.29 is 9.21 Å². The van der Waals surface area contributed by atoms with Crippen LogP contribution in [-0.2, 0) is 0 Å². The van der Waals surface area contributed by atoms with Crippen molar-refractivity contribution in [2.75, 3.05) is 5.32 Å². The van der Waals surface area contributed by atoms with Gasteiger partial charge in [0.2, 0.25) is 0 Å². The van der Waals surface area contributed by atoms with Crippen molar-refractivity contribution in [3.05, 3.63) is 98.3 Å². The maximum absolute atomic E-state index is 12.5. The highest BCUT2D eigenvalue weighted by Gasteiger charge is 2.13. The molecule has 4 rings (SSSR count). The summed E-state index contributed by atoms with van der Waals surface area (Å²) in [6.45, 7) is 1.87. The molecule has 4 aromatic rings. The molecule has 1 heterocycles. The Balaban J connectivity index is 1.64. The molecule has 4 nitrogen and oxygen atoms in total. The molecule has 6 heteroatoms. The highest BCUT2D eigenvalue weighted by Crippen LogP contribution is 2.30. The van der Waals surface area contributed by atoms with Gasteiger partial charge in [-0.05, 0) is 48.9 Å². The maximum Gasteiger partial charge on any atom is 0.344 e. The van der Waals surface area contributed by atoms with E-state index in [0.29, 0.717) is 38.0 Å². The van der Waals surface area contributed by atoms with Crippen LogP contribution in [0.4, 0.5) is 5.69 Å². The van der Waals surface area contributed by atoms with Gasteiger partial charge in [0.1, 0.15) is 5.58 Å². The van der Waals surface area contributed by atoms with Crippen molar-refractivity contribution in [1.29, 1.82) is 0 Å². The number of rotatable bonds is 3. The molecule has 0 aliphatic rings. The van der Waals surface area contributed by atoms with Gasteiger partial charge in [0, 0.05) is 27.2 Å². The summed E-state index contributed by atoms with van der Waals surface area (Å²) in [5.41, 5.74) is 2.76. The number of hydrogen-bond acceptors (Lipinski definition) is 3. The third-order valence-corrected chi connectivity index (χ3v) is 5.31. The second-order valence-corrected chi connectivity index (χ2v) is 7.41. The zero-order valence-corrected chi connectivity index (χ0v) is 16.8. The van der Waals surface area contributed by atoms with Crippen LogP contribution in [0.5, 0.6) is 0 Å². The van der Waals surface area contributed by atoms with Crippen LogP contribution < -0.4 is 10.9 Å². The molecule has 0 atom stereocenters. The molecular formula is C23H15Cl2NO3. The molecule has 0 radical (unpaired) electrons. The lowest BCUT2D eigenvalue weighted by atomic mass is 10.1. The van der Waals surface area contributed by atoms with Crippen LogP contribution in [0, 0.1) is 6.92 Å². The zero-order chi connectivity index (χ0) is 20.5. The minimum absolute atomic E-state index is 0.305. The average Bonchev–Trinajstić information content (AvgIpc) is 2.70. The van der Waals surface area contributed by atoms with Crippen LogP contribution in [0.25, 0.3) is 22.1 Å². The summed E-state index contributed by atoms with van der Waals surface area (Å²) >= 11 is 12.5. The zero-order valence-electron chi connectivity index (χ0n) is 15.3. The van der Waals surface area contributed by atoms with Gasteiger partial charge < -0.3 is 9.73 Å². The fraction of sp³-hybridized carbons (Fsp3) is 0.0435. The number of aryl methyl sites for hydroxylation is 1. The van der Waals surface area contributed by atoms with Gasteiger partial charge in [0.25, 0.3) is 5.91 Å². The predicted molar refractivity (Wildman–Crippen MR) is 117 cm³/mol. The Hall–Kier alpha value is -3.08. The Labute approximate surface area is 176 Å². The Bertz CT molecular complexity index is 1310. The van der Waals surface area contributed by atoms with Crippen LogP contribution in [0.1, 0.15) is 15.9 Å². The van der Waals surface area contributed by atoms with E-state index in [4.69, 9.17) is 27.6 Å². The van der Waals surface area contributed by atoms with E-state index in [1.165, 1.54) is 0 Å². The lowest BCUT2D eigenvalue weighted by molar-refractivity contribution is 0.102. The number of nitrogens with one attached hydrogen (secondary N) is 1. The minimum Gasteiger partial charge on any atom is -0.422 e. The summed E-state index contributed by atoms with van der Waals surface area (Å²) in [4.78, 5) is 24.9. The topological polar surface area (TPSA) is 59.3 Å². The average molecular weight is 424 g/mol. The predicted octanol–water partition coefficient (Wildman–Crippen LogP) is 6.33. The standard InChI is InChI=1S/C23H15Cl2NO3/c1-13-6-7-15(11-19(13)24)22(27)26-16-8-9-17(20(25)12-16)18-10-14-4-2-3-5-21(14)29-23(18)28/h2-12H,1H3,(H,26,27). The van der Waals surface area contributed by atoms with E-state index in [1.54, 1.807) is 54.6 Å². The van der Waals surface area contributed by atoms with E-state index in [1.807, 2.05) is 19.1 Å². The number of amides is 1. The molecule has 0 bridgehead atoms. The van der Waals surface area contributed by atoms with Crippen LogP contribution >= 0.6 is 23.2 Å². The Morgan fingerprint density at radius 3 is 2.45 bits per heavy atom. The molecule has 144 valence electrons. The molecule has 29 heavy (non-hydrogen) atoms. The van der Waals surface area contributed by atoms with Gasteiger partial charge >= 0.3 is 5.63 Å². The van der Waals surface area contributed by atoms with Gasteiger partial charge in [-0.15, -0.1) is 0 Å². The number of para-hydroxylation sites is 1. The third-order valence-electron chi connectivity index (χ3n) is 4.59. The second-order valence-electron chi connectivity index (χ2n) is 6.60. The van der Waals surface area contributed by atoms with E-state index < -0.39 is 5.63 Å².